The van der Waals surface area contributed by atoms with E-state index in [2.05, 4.69) is 24.4 Å². The van der Waals surface area contributed by atoms with Crippen LogP contribution in [-0.4, -0.2) is 44.2 Å². The van der Waals surface area contributed by atoms with E-state index < -0.39 is 0 Å². The fourth-order valence-corrected chi connectivity index (χ4v) is 4.26. The molecule has 1 aliphatic carbocycles. The Morgan fingerprint density at radius 2 is 1.96 bits per heavy atom. The number of rotatable bonds is 5. The topological polar surface area (TPSA) is 38.0 Å². The Balaban J connectivity index is 1.44. The zero-order valence-electron chi connectivity index (χ0n) is 14.6. The van der Waals surface area contributed by atoms with Crippen molar-refractivity contribution in [3.63, 3.8) is 0 Å². The summed E-state index contributed by atoms with van der Waals surface area (Å²) in [5.41, 5.74) is 1.30. The number of hydrogen-bond acceptors (Lipinski definition) is 1. The van der Waals surface area contributed by atoms with Gasteiger partial charge in [0.05, 0.1) is 0 Å². The van der Waals surface area contributed by atoms with E-state index in [1.807, 2.05) is 12.1 Å². The van der Waals surface area contributed by atoms with Crippen molar-refractivity contribution in [2.45, 2.75) is 51.2 Å². The van der Waals surface area contributed by atoms with Crippen LogP contribution in [0.1, 0.15) is 38.2 Å². The van der Waals surface area contributed by atoms with E-state index in [1.165, 1.54) is 23.3 Å². The maximum Gasteiger partial charge on any atom is 0.278 e. The van der Waals surface area contributed by atoms with Crippen LogP contribution in [0.15, 0.2) is 24.3 Å². The molecular formula is C19H30ClN3O+2. The lowest BCUT2D eigenvalue weighted by Gasteiger charge is -2.33. The van der Waals surface area contributed by atoms with Crippen molar-refractivity contribution in [1.29, 1.82) is 0 Å². The lowest BCUT2D eigenvalue weighted by molar-refractivity contribution is -1.02. The van der Waals surface area contributed by atoms with Crippen molar-refractivity contribution in [2.75, 3.05) is 26.2 Å². The van der Waals surface area contributed by atoms with Crippen LogP contribution in [-0.2, 0) is 11.3 Å². The number of carbonyl (C=O) groups is 1. The monoisotopic (exact) mass is 351 g/mol. The summed E-state index contributed by atoms with van der Waals surface area (Å²) in [6.07, 6.45) is 4.84. The Morgan fingerprint density at radius 3 is 2.62 bits per heavy atom. The van der Waals surface area contributed by atoms with Gasteiger partial charge in [0.15, 0.2) is 6.04 Å². The minimum atomic E-state index is 0.0679. The average molecular weight is 352 g/mol. The van der Waals surface area contributed by atoms with E-state index >= 15 is 0 Å². The number of halogens is 1. The Labute approximate surface area is 150 Å². The van der Waals surface area contributed by atoms with Crippen molar-refractivity contribution in [3.8, 4) is 0 Å². The van der Waals surface area contributed by atoms with Gasteiger partial charge in [0.2, 0.25) is 0 Å². The molecular weight excluding hydrogens is 322 g/mol. The Morgan fingerprint density at radius 1 is 1.25 bits per heavy atom. The number of hydrogen-bond donors (Lipinski definition) is 3. The summed E-state index contributed by atoms with van der Waals surface area (Å²) in [6, 6.07) is 8.65. The third-order valence-corrected chi connectivity index (χ3v) is 5.88. The fourth-order valence-electron chi connectivity index (χ4n) is 4.05. The quantitative estimate of drug-likeness (QED) is 0.690. The van der Waals surface area contributed by atoms with Crippen LogP contribution in [0, 0.1) is 0 Å². The highest BCUT2D eigenvalue weighted by Crippen LogP contribution is 2.17. The molecule has 0 spiro atoms. The Hall–Kier alpha value is -1.10. The van der Waals surface area contributed by atoms with Gasteiger partial charge in [0.25, 0.3) is 5.91 Å². The maximum absolute atomic E-state index is 12.5. The number of quaternary nitrogens is 2. The molecule has 2 fully saturated rings. The van der Waals surface area contributed by atoms with Crippen molar-refractivity contribution < 1.29 is 14.6 Å². The zero-order valence-corrected chi connectivity index (χ0v) is 15.4. The summed E-state index contributed by atoms with van der Waals surface area (Å²) in [4.78, 5) is 15.5. The SMILES string of the molecule is C[C@H](C(=O)NC1CCCC1)[NH+]1CC[NH+](Cc2cccc(Cl)c2)CC1. The van der Waals surface area contributed by atoms with Crippen molar-refractivity contribution in [2.24, 2.45) is 0 Å². The molecule has 2 aliphatic rings. The molecule has 1 aromatic rings. The number of amides is 1. The van der Waals surface area contributed by atoms with Crippen molar-refractivity contribution in [3.05, 3.63) is 34.9 Å². The molecule has 1 atom stereocenters. The predicted octanol–water partition coefficient (Wildman–Crippen LogP) is 0.0707. The first-order valence-corrected chi connectivity index (χ1v) is 9.72. The molecule has 1 amide bonds. The van der Waals surface area contributed by atoms with Gasteiger partial charge < -0.3 is 15.1 Å². The van der Waals surface area contributed by atoms with Crippen LogP contribution in [0.5, 0.6) is 0 Å². The summed E-state index contributed by atoms with van der Waals surface area (Å²) in [6.45, 7) is 7.47. The van der Waals surface area contributed by atoms with E-state index in [4.69, 9.17) is 11.6 Å². The van der Waals surface area contributed by atoms with Crippen LogP contribution in [0.4, 0.5) is 0 Å². The minimum absolute atomic E-state index is 0.0679. The summed E-state index contributed by atoms with van der Waals surface area (Å²) in [5.74, 6) is 0.246. The van der Waals surface area contributed by atoms with Gasteiger partial charge >= 0.3 is 0 Å². The molecule has 1 aromatic carbocycles. The van der Waals surface area contributed by atoms with Gasteiger partial charge in [0.1, 0.15) is 32.7 Å². The van der Waals surface area contributed by atoms with E-state index in [0.29, 0.717) is 6.04 Å². The van der Waals surface area contributed by atoms with Gasteiger partial charge in [-0.15, -0.1) is 0 Å². The highest BCUT2D eigenvalue weighted by Gasteiger charge is 2.32. The average Bonchev–Trinajstić information content (AvgIpc) is 3.08. The van der Waals surface area contributed by atoms with E-state index in [1.54, 1.807) is 4.90 Å². The molecule has 0 bridgehead atoms. The third-order valence-electron chi connectivity index (χ3n) is 5.65. The second-order valence-corrected chi connectivity index (χ2v) is 7.86. The number of nitrogens with one attached hydrogen (secondary N) is 3. The van der Waals surface area contributed by atoms with Crippen LogP contribution in [0.2, 0.25) is 5.02 Å². The first-order chi connectivity index (χ1) is 11.6. The lowest BCUT2D eigenvalue weighted by atomic mass is 10.1. The zero-order chi connectivity index (χ0) is 16.9. The van der Waals surface area contributed by atoms with Gasteiger partial charge in [-0.1, -0.05) is 36.6 Å². The molecule has 1 aliphatic heterocycles. The minimum Gasteiger partial charge on any atom is -0.348 e. The lowest BCUT2D eigenvalue weighted by Crippen LogP contribution is -3.29. The molecule has 3 rings (SSSR count). The number of benzene rings is 1. The molecule has 0 unspecified atom stereocenters. The molecule has 1 heterocycles. The third kappa shape index (κ3) is 4.71. The van der Waals surface area contributed by atoms with E-state index in [9.17, 15) is 4.79 Å². The van der Waals surface area contributed by atoms with Gasteiger partial charge in [-0.2, -0.15) is 0 Å². The molecule has 5 heteroatoms. The van der Waals surface area contributed by atoms with Crippen LogP contribution < -0.4 is 15.1 Å². The summed E-state index contributed by atoms with van der Waals surface area (Å²) < 4.78 is 0. The van der Waals surface area contributed by atoms with E-state index in [-0.39, 0.29) is 11.9 Å². The Bertz CT molecular complexity index is 551. The molecule has 0 radical (unpaired) electrons. The Kier molecular flexibility index (Phi) is 6.14. The molecule has 3 N–H and O–H groups in total. The van der Waals surface area contributed by atoms with Crippen LogP contribution in [0.3, 0.4) is 0 Å². The van der Waals surface area contributed by atoms with Crippen molar-refractivity contribution >= 4 is 17.5 Å². The van der Waals surface area contributed by atoms with Gasteiger partial charge in [0, 0.05) is 16.6 Å². The summed E-state index contributed by atoms with van der Waals surface area (Å²) in [5, 5.41) is 4.07. The maximum atomic E-state index is 12.5. The molecule has 1 saturated heterocycles. The fraction of sp³-hybridized carbons (Fsp3) is 0.632. The van der Waals surface area contributed by atoms with Crippen molar-refractivity contribution in [1.82, 2.24) is 5.32 Å². The number of piperazine rings is 1. The highest BCUT2D eigenvalue weighted by atomic mass is 35.5. The van der Waals surface area contributed by atoms with E-state index in [0.717, 1.165) is 50.6 Å². The second kappa shape index (κ2) is 8.32. The highest BCUT2D eigenvalue weighted by molar-refractivity contribution is 6.30. The predicted molar refractivity (Wildman–Crippen MR) is 96.4 cm³/mol. The summed E-state index contributed by atoms with van der Waals surface area (Å²) >= 11 is 6.07. The molecule has 1 saturated carbocycles. The largest absolute Gasteiger partial charge is 0.348 e. The first-order valence-electron chi connectivity index (χ1n) is 9.35. The molecule has 132 valence electrons. The summed E-state index contributed by atoms with van der Waals surface area (Å²) in [7, 11) is 0. The molecule has 0 aromatic heterocycles. The van der Waals surface area contributed by atoms with Gasteiger partial charge in [-0.25, -0.2) is 0 Å². The standard InChI is InChI=1S/C19H28ClN3O/c1-15(19(24)21-18-7-2-3-8-18)23-11-9-22(10-12-23)14-16-5-4-6-17(20)13-16/h4-6,13,15,18H,2-3,7-12,14H2,1H3,(H,21,24)/p+2/t15-/m1/s1. The van der Waals surface area contributed by atoms with Crippen LogP contribution >= 0.6 is 11.6 Å². The molecule has 4 nitrogen and oxygen atoms in total. The number of carbonyl (C=O) groups excluding carboxylic acids is 1. The normalized spacial score (nSPS) is 26.2. The second-order valence-electron chi connectivity index (χ2n) is 7.43. The van der Waals surface area contributed by atoms with Gasteiger partial charge in [-0.05, 0) is 31.9 Å². The van der Waals surface area contributed by atoms with Crippen LogP contribution in [0.25, 0.3) is 0 Å². The van der Waals surface area contributed by atoms with Gasteiger partial charge in [-0.3, -0.25) is 4.79 Å². The molecule has 24 heavy (non-hydrogen) atoms. The smallest absolute Gasteiger partial charge is 0.278 e. The first kappa shape index (κ1) is 17.7.